The summed E-state index contributed by atoms with van der Waals surface area (Å²) in [4.78, 5) is 31.0. The van der Waals surface area contributed by atoms with Gasteiger partial charge in [0.1, 0.15) is 5.56 Å². The third kappa shape index (κ3) is 3.47. The summed E-state index contributed by atoms with van der Waals surface area (Å²) in [6, 6.07) is 14.1. The number of carbonyl (C=O) groups is 1. The zero-order valence-electron chi connectivity index (χ0n) is 16.5. The highest BCUT2D eigenvalue weighted by Gasteiger charge is 2.18. The number of rotatable bonds is 5. The van der Waals surface area contributed by atoms with Gasteiger partial charge in [-0.15, -0.1) is 11.3 Å². The number of anilines is 1. The van der Waals surface area contributed by atoms with Crippen molar-refractivity contribution in [2.24, 2.45) is 0 Å². The lowest BCUT2D eigenvalue weighted by Crippen LogP contribution is -2.21. The molecule has 2 aromatic carbocycles. The van der Waals surface area contributed by atoms with Crippen LogP contribution in [0, 0.1) is 0 Å². The number of hydrogen-bond donors (Lipinski definition) is 1. The van der Waals surface area contributed by atoms with E-state index < -0.39 is 11.5 Å². The number of amides is 1. The van der Waals surface area contributed by atoms with Crippen LogP contribution in [-0.2, 0) is 0 Å². The van der Waals surface area contributed by atoms with Crippen LogP contribution in [0.2, 0.25) is 0 Å². The fraction of sp³-hybridized carbons (Fsp3) is 0.0870. The van der Waals surface area contributed by atoms with Crippen molar-refractivity contribution in [2.75, 3.05) is 11.9 Å². The molecule has 1 N–H and O–H groups in total. The van der Waals surface area contributed by atoms with Gasteiger partial charge in [0.2, 0.25) is 0 Å². The van der Waals surface area contributed by atoms with E-state index in [-0.39, 0.29) is 5.56 Å². The van der Waals surface area contributed by atoms with Gasteiger partial charge in [0.15, 0.2) is 16.3 Å². The van der Waals surface area contributed by atoms with Crippen LogP contribution < -0.4 is 15.7 Å². The largest absolute Gasteiger partial charge is 0.490 e. The number of para-hydroxylation sites is 2. The molecule has 0 spiro atoms. The van der Waals surface area contributed by atoms with Crippen molar-refractivity contribution in [1.82, 2.24) is 9.38 Å². The lowest BCUT2D eigenvalue weighted by atomic mass is 10.1. The Morgan fingerprint density at radius 1 is 1.23 bits per heavy atom. The van der Waals surface area contributed by atoms with Gasteiger partial charge >= 0.3 is 5.63 Å². The van der Waals surface area contributed by atoms with Gasteiger partial charge < -0.3 is 14.5 Å². The maximum absolute atomic E-state index is 13.0. The predicted octanol–water partition coefficient (Wildman–Crippen LogP) is 4.82. The first kappa shape index (κ1) is 19.1. The number of benzene rings is 2. The highest BCUT2D eigenvalue weighted by atomic mass is 32.1. The molecule has 0 aliphatic heterocycles. The van der Waals surface area contributed by atoms with E-state index >= 15 is 0 Å². The molecule has 5 rings (SSSR count). The molecule has 0 aliphatic carbocycles. The van der Waals surface area contributed by atoms with Crippen molar-refractivity contribution >= 4 is 38.9 Å². The predicted molar refractivity (Wildman–Crippen MR) is 120 cm³/mol. The number of hydrogen-bond acceptors (Lipinski definition) is 6. The van der Waals surface area contributed by atoms with Gasteiger partial charge in [-0.2, -0.15) is 0 Å². The van der Waals surface area contributed by atoms with Crippen molar-refractivity contribution in [2.45, 2.75) is 6.92 Å². The number of ether oxygens (including phenoxy) is 1. The Hall–Kier alpha value is -3.91. The van der Waals surface area contributed by atoms with Crippen molar-refractivity contribution in [1.29, 1.82) is 0 Å². The second-order valence-corrected chi connectivity index (χ2v) is 7.65. The number of aromatic nitrogens is 2. The van der Waals surface area contributed by atoms with Crippen LogP contribution >= 0.6 is 11.3 Å². The average Bonchev–Trinajstić information content (AvgIpc) is 3.37. The smallest absolute Gasteiger partial charge is 0.349 e. The summed E-state index contributed by atoms with van der Waals surface area (Å²) >= 11 is 1.53. The zero-order valence-corrected chi connectivity index (χ0v) is 17.3. The summed E-state index contributed by atoms with van der Waals surface area (Å²) in [7, 11) is 0. The quantitative estimate of drug-likeness (QED) is 0.403. The number of nitrogens with one attached hydrogen (secondary N) is 1. The number of thiazole rings is 1. The maximum atomic E-state index is 13.0. The molecule has 5 aromatic rings. The molecule has 0 aliphatic rings. The minimum absolute atomic E-state index is 0.0817. The average molecular weight is 431 g/mol. The van der Waals surface area contributed by atoms with Crippen molar-refractivity contribution in [3.8, 4) is 17.0 Å². The van der Waals surface area contributed by atoms with E-state index in [4.69, 9.17) is 9.15 Å². The third-order valence-corrected chi connectivity index (χ3v) is 5.58. The Kier molecular flexibility index (Phi) is 4.76. The first-order chi connectivity index (χ1) is 15.1. The van der Waals surface area contributed by atoms with Crippen molar-refractivity contribution < 1.29 is 13.9 Å². The molecule has 31 heavy (non-hydrogen) atoms. The van der Waals surface area contributed by atoms with Crippen molar-refractivity contribution in [3.05, 3.63) is 82.3 Å². The second-order valence-electron chi connectivity index (χ2n) is 6.77. The molecule has 0 unspecified atom stereocenters. The highest BCUT2D eigenvalue weighted by molar-refractivity contribution is 7.15. The molecule has 154 valence electrons. The van der Waals surface area contributed by atoms with E-state index in [1.807, 2.05) is 47.3 Å². The molecule has 0 atom stereocenters. The van der Waals surface area contributed by atoms with Crippen LogP contribution in [0.25, 0.3) is 27.2 Å². The SMILES string of the molecule is CCOc1cccc2cc(C(=O)Nc3ccccc3-c3cn4ccsc4n3)c(=O)oc12. The molecule has 0 radical (unpaired) electrons. The van der Waals surface area contributed by atoms with Crippen molar-refractivity contribution in [3.63, 3.8) is 0 Å². The summed E-state index contributed by atoms with van der Waals surface area (Å²) in [5.41, 5.74) is 1.56. The van der Waals surface area contributed by atoms with Crippen LogP contribution in [0.1, 0.15) is 17.3 Å². The fourth-order valence-corrected chi connectivity index (χ4v) is 4.11. The third-order valence-electron chi connectivity index (χ3n) is 4.81. The second kappa shape index (κ2) is 7.73. The molecular weight excluding hydrogens is 414 g/mol. The van der Waals surface area contributed by atoms with Crippen LogP contribution in [0.4, 0.5) is 5.69 Å². The number of carbonyl (C=O) groups excluding carboxylic acids is 1. The summed E-state index contributed by atoms with van der Waals surface area (Å²) < 4.78 is 12.9. The lowest BCUT2D eigenvalue weighted by molar-refractivity contribution is 0.102. The monoisotopic (exact) mass is 431 g/mol. The molecule has 0 bridgehead atoms. The minimum Gasteiger partial charge on any atom is -0.490 e. The zero-order chi connectivity index (χ0) is 21.4. The van der Waals surface area contributed by atoms with E-state index in [2.05, 4.69) is 10.3 Å². The summed E-state index contributed by atoms with van der Waals surface area (Å²) in [6.45, 7) is 2.29. The topological polar surface area (TPSA) is 85.8 Å². The fourth-order valence-electron chi connectivity index (χ4n) is 3.41. The van der Waals surface area contributed by atoms with Crippen LogP contribution in [0.15, 0.2) is 75.5 Å². The van der Waals surface area contributed by atoms with Gasteiger partial charge in [-0.05, 0) is 25.1 Å². The molecule has 7 nitrogen and oxygen atoms in total. The Balaban J connectivity index is 1.51. The van der Waals surface area contributed by atoms with Gasteiger partial charge in [-0.1, -0.05) is 30.3 Å². The molecule has 3 aromatic heterocycles. The van der Waals surface area contributed by atoms with E-state index in [9.17, 15) is 9.59 Å². The number of nitrogens with zero attached hydrogens (tertiary/aromatic N) is 2. The summed E-state index contributed by atoms with van der Waals surface area (Å²) in [6.07, 6.45) is 3.82. The first-order valence-corrected chi connectivity index (χ1v) is 10.5. The Bertz CT molecular complexity index is 1450. The van der Waals surface area contributed by atoms with Gasteiger partial charge in [-0.25, -0.2) is 9.78 Å². The number of fused-ring (bicyclic) bond motifs is 2. The highest BCUT2D eigenvalue weighted by Crippen LogP contribution is 2.29. The standard InChI is InChI=1S/C23H17N3O4S/c1-2-29-19-9-5-6-14-12-16(22(28)30-20(14)19)21(27)24-17-8-4-3-7-15(17)18-13-26-10-11-31-23(26)25-18/h3-13H,2H2,1H3,(H,24,27). The molecule has 8 heteroatoms. The van der Waals surface area contributed by atoms with E-state index in [0.717, 1.165) is 16.2 Å². The van der Waals surface area contributed by atoms with Gasteiger partial charge in [0.25, 0.3) is 5.91 Å². The number of imidazole rings is 1. The first-order valence-electron chi connectivity index (χ1n) is 9.66. The van der Waals surface area contributed by atoms with Gasteiger partial charge in [-0.3, -0.25) is 9.20 Å². The molecular formula is C23H17N3O4S. The van der Waals surface area contributed by atoms with Gasteiger partial charge in [0, 0.05) is 28.7 Å². The van der Waals surface area contributed by atoms with Gasteiger partial charge in [0.05, 0.1) is 18.0 Å². The van der Waals surface area contributed by atoms with Crippen LogP contribution in [0.3, 0.4) is 0 Å². The van der Waals surface area contributed by atoms with E-state index in [0.29, 0.717) is 29.0 Å². The van der Waals surface area contributed by atoms with E-state index in [1.165, 1.54) is 17.4 Å². The summed E-state index contributed by atoms with van der Waals surface area (Å²) in [5.74, 6) is -0.0833. The van der Waals surface area contributed by atoms with Crippen LogP contribution in [-0.4, -0.2) is 21.9 Å². The molecule has 3 heterocycles. The minimum atomic E-state index is -0.725. The molecule has 1 amide bonds. The van der Waals surface area contributed by atoms with Crippen LogP contribution in [0.5, 0.6) is 5.75 Å². The normalized spacial score (nSPS) is 11.1. The molecule has 0 saturated carbocycles. The Morgan fingerprint density at radius 2 is 2.10 bits per heavy atom. The Labute approximate surface area is 180 Å². The maximum Gasteiger partial charge on any atom is 0.349 e. The molecule has 0 saturated heterocycles. The molecule has 0 fully saturated rings. The van der Waals surface area contributed by atoms with E-state index in [1.54, 1.807) is 24.3 Å². The Morgan fingerprint density at radius 3 is 2.94 bits per heavy atom. The summed E-state index contributed by atoms with van der Waals surface area (Å²) in [5, 5.41) is 5.39. The lowest BCUT2D eigenvalue weighted by Gasteiger charge is -2.10.